The van der Waals surface area contributed by atoms with Gasteiger partial charge in [0.2, 0.25) is 5.91 Å². The standard InChI is InChI=1S/C19H29N3O/c1-16-9-14-22(15-10-16)19(23)8-11-20-17-4-6-18(7-5-17)21-12-2-3-13-21/h4-7,16,20H,2-3,8-15H2,1H3. The van der Waals surface area contributed by atoms with Crippen LogP contribution < -0.4 is 10.2 Å². The lowest BCUT2D eigenvalue weighted by molar-refractivity contribution is -0.132. The van der Waals surface area contributed by atoms with Gasteiger partial charge < -0.3 is 15.1 Å². The molecule has 1 amide bonds. The van der Waals surface area contributed by atoms with Crippen molar-refractivity contribution in [2.75, 3.05) is 42.9 Å². The fourth-order valence-electron chi connectivity index (χ4n) is 3.50. The Kier molecular flexibility index (Phi) is 5.42. The van der Waals surface area contributed by atoms with Crippen LogP contribution in [0.2, 0.25) is 0 Å². The Hall–Kier alpha value is -1.71. The summed E-state index contributed by atoms with van der Waals surface area (Å²) >= 11 is 0. The fourth-order valence-corrected chi connectivity index (χ4v) is 3.50. The second-order valence-corrected chi connectivity index (χ2v) is 6.98. The summed E-state index contributed by atoms with van der Waals surface area (Å²) in [6.45, 7) is 7.21. The molecule has 1 aromatic carbocycles. The highest BCUT2D eigenvalue weighted by Crippen LogP contribution is 2.22. The molecule has 0 aliphatic carbocycles. The molecular weight excluding hydrogens is 286 g/mol. The van der Waals surface area contributed by atoms with Gasteiger partial charge in [-0.2, -0.15) is 0 Å². The number of rotatable bonds is 5. The molecule has 2 fully saturated rings. The zero-order valence-corrected chi connectivity index (χ0v) is 14.3. The van der Waals surface area contributed by atoms with Crippen molar-refractivity contribution < 1.29 is 4.79 Å². The molecule has 0 saturated carbocycles. The van der Waals surface area contributed by atoms with Crippen LogP contribution >= 0.6 is 0 Å². The molecule has 23 heavy (non-hydrogen) atoms. The first kappa shape index (κ1) is 16.2. The lowest BCUT2D eigenvalue weighted by atomic mass is 9.99. The smallest absolute Gasteiger partial charge is 0.224 e. The first-order chi connectivity index (χ1) is 11.2. The van der Waals surface area contributed by atoms with Gasteiger partial charge in [0, 0.05) is 50.5 Å². The fraction of sp³-hybridized carbons (Fsp3) is 0.632. The van der Waals surface area contributed by atoms with Crippen LogP contribution in [0.3, 0.4) is 0 Å². The predicted molar refractivity (Wildman–Crippen MR) is 96.0 cm³/mol. The average molecular weight is 315 g/mol. The van der Waals surface area contributed by atoms with E-state index in [1.807, 2.05) is 4.90 Å². The summed E-state index contributed by atoms with van der Waals surface area (Å²) in [6, 6.07) is 8.62. The molecule has 0 radical (unpaired) electrons. The van der Waals surface area contributed by atoms with E-state index in [0.29, 0.717) is 13.0 Å². The third kappa shape index (κ3) is 4.40. The Morgan fingerprint density at radius 1 is 1.09 bits per heavy atom. The number of nitrogens with zero attached hydrogens (tertiary/aromatic N) is 2. The molecule has 1 aromatic rings. The molecule has 4 heteroatoms. The first-order valence-corrected chi connectivity index (χ1v) is 9.09. The summed E-state index contributed by atoms with van der Waals surface area (Å²) in [5.41, 5.74) is 2.42. The highest BCUT2D eigenvalue weighted by molar-refractivity contribution is 5.76. The van der Waals surface area contributed by atoms with E-state index in [-0.39, 0.29) is 5.91 Å². The van der Waals surface area contributed by atoms with Crippen LogP contribution in [-0.2, 0) is 4.79 Å². The van der Waals surface area contributed by atoms with Gasteiger partial charge in [-0.05, 0) is 55.9 Å². The topological polar surface area (TPSA) is 35.6 Å². The summed E-state index contributed by atoms with van der Waals surface area (Å²) < 4.78 is 0. The highest BCUT2D eigenvalue weighted by atomic mass is 16.2. The molecule has 4 nitrogen and oxygen atoms in total. The van der Waals surface area contributed by atoms with E-state index in [1.165, 1.54) is 31.6 Å². The van der Waals surface area contributed by atoms with Crippen molar-refractivity contribution in [3.05, 3.63) is 24.3 Å². The Labute approximate surface area is 139 Å². The third-order valence-corrected chi connectivity index (χ3v) is 5.14. The molecule has 0 atom stereocenters. The molecule has 3 rings (SSSR count). The van der Waals surface area contributed by atoms with Crippen molar-refractivity contribution in [2.45, 2.75) is 39.0 Å². The highest BCUT2D eigenvalue weighted by Gasteiger charge is 2.19. The molecule has 126 valence electrons. The minimum atomic E-state index is 0.290. The lowest BCUT2D eigenvalue weighted by Gasteiger charge is -2.30. The van der Waals surface area contributed by atoms with Gasteiger partial charge in [-0.15, -0.1) is 0 Å². The zero-order valence-electron chi connectivity index (χ0n) is 14.3. The van der Waals surface area contributed by atoms with Gasteiger partial charge in [0.25, 0.3) is 0 Å². The van der Waals surface area contributed by atoms with Gasteiger partial charge in [0.1, 0.15) is 0 Å². The summed E-state index contributed by atoms with van der Waals surface area (Å²) in [7, 11) is 0. The SMILES string of the molecule is CC1CCN(C(=O)CCNc2ccc(N3CCCC3)cc2)CC1. The third-order valence-electron chi connectivity index (χ3n) is 5.14. The van der Waals surface area contributed by atoms with E-state index >= 15 is 0 Å². The number of nitrogens with one attached hydrogen (secondary N) is 1. The number of hydrogen-bond donors (Lipinski definition) is 1. The Balaban J connectivity index is 1.40. The number of amides is 1. The minimum Gasteiger partial charge on any atom is -0.385 e. The molecular formula is C19H29N3O. The van der Waals surface area contributed by atoms with E-state index in [0.717, 1.165) is 37.5 Å². The van der Waals surface area contributed by atoms with Crippen molar-refractivity contribution in [2.24, 2.45) is 5.92 Å². The first-order valence-electron chi connectivity index (χ1n) is 9.09. The molecule has 0 aromatic heterocycles. The molecule has 0 unspecified atom stereocenters. The quantitative estimate of drug-likeness (QED) is 0.905. The molecule has 2 saturated heterocycles. The maximum Gasteiger partial charge on any atom is 0.224 e. The van der Waals surface area contributed by atoms with Crippen LogP contribution in [0.4, 0.5) is 11.4 Å². The van der Waals surface area contributed by atoms with Crippen LogP contribution in [0.15, 0.2) is 24.3 Å². The maximum atomic E-state index is 12.2. The van der Waals surface area contributed by atoms with Crippen molar-refractivity contribution in [1.82, 2.24) is 4.90 Å². The summed E-state index contributed by atoms with van der Waals surface area (Å²) in [5.74, 6) is 1.06. The van der Waals surface area contributed by atoms with Crippen molar-refractivity contribution in [3.8, 4) is 0 Å². The summed E-state index contributed by atoms with van der Waals surface area (Å²) in [4.78, 5) is 16.7. The predicted octanol–water partition coefficient (Wildman–Crippen LogP) is 3.35. The molecule has 1 N–H and O–H groups in total. The van der Waals surface area contributed by atoms with Crippen LogP contribution in [0.25, 0.3) is 0 Å². The number of piperidine rings is 1. The number of benzene rings is 1. The van der Waals surface area contributed by atoms with Gasteiger partial charge in [-0.1, -0.05) is 6.92 Å². The van der Waals surface area contributed by atoms with Gasteiger partial charge in [0.05, 0.1) is 0 Å². The largest absolute Gasteiger partial charge is 0.385 e. The van der Waals surface area contributed by atoms with Crippen LogP contribution in [0, 0.1) is 5.92 Å². The van der Waals surface area contributed by atoms with E-state index in [4.69, 9.17) is 0 Å². The van der Waals surface area contributed by atoms with Gasteiger partial charge in [-0.25, -0.2) is 0 Å². The number of carbonyl (C=O) groups is 1. The Morgan fingerprint density at radius 2 is 1.74 bits per heavy atom. The number of likely N-dealkylation sites (tertiary alicyclic amines) is 1. The normalized spacial score (nSPS) is 19.2. The number of carbonyl (C=O) groups excluding carboxylic acids is 1. The van der Waals surface area contributed by atoms with E-state index < -0.39 is 0 Å². The van der Waals surface area contributed by atoms with E-state index in [9.17, 15) is 4.79 Å². The van der Waals surface area contributed by atoms with Gasteiger partial charge in [0.15, 0.2) is 0 Å². The second-order valence-electron chi connectivity index (χ2n) is 6.98. The van der Waals surface area contributed by atoms with Crippen LogP contribution in [0.1, 0.15) is 39.0 Å². The second kappa shape index (κ2) is 7.71. The molecule has 2 heterocycles. The van der Waals surface area contributed by atoms with Gasteiger partial charge in [-0.3, -0.25) is 4.79 Å². The van der Waals surface area contributed by atoms with Crippen molar-refractivity contribution in [3.63, 3.8) is 0 Å². The van der Waals surface area contributed by atoms with Crippen molar-refractivity contribution in [1.29, 1.82) is 0 Å². The molecule has 0 spiro atoms. The summed E-state index contributed by atoms with van der Waals surface area (Å²) in [6.07, 6.45) is 5.49. The lowest BCUT2D eigenvalue weighted by Crippen LogP contribution is -2.38. The van der Waals surface area contributed by atoms with Crippen LogP contribution in [0.5, 0.6) is 0 Å². The van der Waals surface area contributed by atoms with E-state index in [2.05, 4.69) is 41.4 Å². The molecule has 2 aliphatic heterocycles. The monoisotopic (exact) mass is 315 g/mol. The summed E-state index contributed by atoms with van der Waals surface area (Å²) in [5, 5.41) is 3.38. The average Bonchev–Trinajstić information content (AvgIpc) is 3.10. The van der Waals surface area contributed by atoms with Gasteiger partial charge >= 0.3 is 0 Å². The Morgan fingerprint density at radius 3 is 2.39 bits per heavy atom. The zero-order chi connectivity index (χ0) is 16.1. The van der Waals surface area contributed by atoms with Crippen LogP contribution in [-0.4, -0.2) is 43.5 Å². The molecule has 2 aliphatic rings. The Bertz CT molecular complexity index is 500. The van der Waals surface area contributed by atoms with Crippen molar-refractivity contribution >= 4 is 17.3 Å². The maximum absolute atomic E-state index is 12.2. The number of anilines is 2. The van der Waals surface area contributed by atoms with E-state index in [1.54, 1.807) is 0 Å². The molecule has 0 bridgehead atoms. The minimum absolute atomic E-state index is 0.290. The number of hydrogen-bond acceptors (Lipinski definition) is 3.